The van der Waals surface area contributed by atoms with E-state index in [4.69, 9.17) is 4.74 Å². The summed E-state index contributed by atoms with van der Waals surface area (Å²) in [6.07, 6.45) is 9.74. The van der Waals surface area contributed by atoms with Crippen molar-refractivity contribution in [2.24, 2.45) is 0 Å². The average molecular weight is 197 g/mol. The van der Waals surface area contributed by atoms with Crippen LogP contribution >= 0.6 is 0 Å². The normalized spacial score (nSPS) is 15.7. The number of nitrogens with one attached hydrogen (secondary N) is 1. The molecular formula is C12H23NO. The van der Waals surface area contributed by atoms with Gasteiger partial charge in [0.1, 0.15) is 0 Å². The summed E-state index contributed by atoms with van der Waals surface area (Å²) in [5, 5.41) is 3.52. The van der Waals surface area contributed by atoms with Gasteiger partial charge in [-0.25, -0.2) is 0 Å². The van der Waals surface area contributed by atoms with E-state index in [0.717, 1.165) is 12.6 Å². The molecule has 0 aromatic rings. The van der Waals surface area contributed by atoms with Crippen LogP contribution in [-0.2, 0) is 4.74 Å². The number of hydrogen-bond donors (Lipinski definition) is 1. The van der Waals surface area contributed by atoms with Crippen molar-refractivity contribution in [2.75, 3.05) is 19.8 Å². The lowest BCUT2D eigenvalue weighted by molar-refractivity contribution is 0.157. The fourth-order valence-corrected chi connectivity index (χ4v) is 1.44. The maximum atomic E-state index is 5.30. The molecule has 0 radical (unpaired) electrons. The topological polar surface area (TPSA) is 21.3 Å². The van der Waals surface area contributed by atoms with Crippen LogP contribution in [0.1, 0.15) is 38.5 Å². The molecule has 1 saturated carbocycles. The summed E-state index contributed by atoms with van der Waals surface area (Å²) in [5.41, 5.74) is 0. The smallest absolute Gasteiger partial charge is 0.0644 e. The van der Waals surface area contributed by atoms with Gasteiger partial charge >= 0.3 is 0 Å². The molecule has 0 heterocycles. The second kappa shape index (κ2) is 8.01. The SMILES string of the molecule is C=CCOCCCCCCNC1CC1. The van der Waals surface area contributed by atoms with Crippen LogP contribution in [0.3, 0.4) is 0 Å². The van der Waals surface area contributed by atoms with Gasteiger partial charge in [-0.1, -0.05) is 18.9 Å². The Morgan fingerprint density at radius 3 is 2.71 bits per heavy atom. The van der Waals surface area contributed by atoms with Crippen molar-refractivity contribution < 1.29 is 4.74 Å². The fourth-order valence-electron chi connectivity index (χ4n) is 1.44. The van der Waals surface area contributed by atoms with Crippen LogP contribution in [0.5, 0.6) is 0 Å². The highest BCUT2D eigenvalue weighted by Crippen LogP contribution is 2.18. The van der Waals surface area contributed by atoms with Gasteiger partial charge in [0.05, 0.1) is 6.61 Å². The van der Waals surface area contributed by atoms with E-state index >= 15 is 0 Å². The van der Waals surface area contributed by atoms with Gasteiger partial charge in [-0.2, -0.15) is 0 Å². The summed E-state index contributed by atoms with van der Waals surface area (Å²) in [5.74, 6) is 0. The highest BCUT2D eigenvalue weighted by atomic mass is 16.5. The Balaban J connectivity index is 1.64. The van der Waals surface area contributed by atoms with Crippen molar-refractivity contribution in [3.8, 4) is 0 Å². The number of ether oxygens (including phenoxy) is 1. The van der Waals surface area contributed by atoms with Crippen LogP contribution in [0.25, 0.3) is 0 Å². The summed E-state index contributed by atoms with van der Waals surface area (Å²) in [4.78, 5) is 0. The molecule has 0 spiro atoms. The van der Waals surface area contributed by atoms with Gasteiger partial charge in [-0.05, 0) is 32.2 Å². The summed E-state index contributed by atoms with van der Waals surface area (Å²) in [6.45, 7) is 6.40. The summed E-state index contributed by atoms with van der Waals surface area (Å²) in [7, 11) is 0. The van der Waals surface area contributed by atoms with Crippen LogP contribution in [0.15, 0.2) is 12.7 Å². The van der Waals surface area contributed by atoms with Gasteiger partial charge in [0.15, 0.2) is 0 Å². The first-order valence-electron chi connectivity index (χ1n) is 5.85. The van der Waals surface area contributed by atoms with Crippen LogP contribution in [0.4, 0.5) is 0 Å². The average Bonchev–Trinajstić information content (AvgIpc) is 2.99. The van der Waals surface area contributed by atoms with Crippen molar-refractivity contribution in [1.29, 1.82) is 0 Å². The minimum Gasteiger partial charge on any atom is -0.377 e. The Kier molecular flexibility index (Phi) is 6.71. The Labute approximate surface area is 87.7 Å². The van der Waals surface area contributed by atoms with Gasteiger partial charge in [0.2, 0.25) is 0 Å². The summed E-state index contributed by atoms with van der Waals surface area (Å²) < 4.78 is 5.30. The predicted molar refractivity (Wildman–Crippen MR) is 60.5 cm³/mol. The first kappa shape index (κ1) is 11.7. The fraction of sp³-hybridized carbons (Fsp3) is 0.833. The molecule has 0 aromatic heterocycles. The highest BCUT2D eigenvalue weighted by molar-refractivity contribution is 4.80. The first-order valence-corrected chi connectivity index (χ1v) is 5.85. The lowest BCUT2D eigenvalue weighted by Gasteiger charge is -2.03. The molecule has 1 aliphatic rings. The molecule has 82 valence electrons. The standard InChI is InChI=1S/C12H23NO/c1-2-10-14-11-6-4-3-5-9-13-12-7-8-12/h2,12-13H,1,3-11H2. The lowest BCUT2D eigenvalue weighted by Crippen LogP contribution is -2.17. The van der Waals surface area contributed by atoms with Gasteiger partial charge in [-0.3, -0.25) is 0 Å². The molecule has 1 fully saturated rings. The molecule has 2 heteroatoms. The Hall–Kier alpha value is -0.340. The first-order chi connectivity index (χ1) is 6.93. The molecule has 0 bridgehead atoms. The summed E-state index contributed by atoms with van der Waals surface area (Å²) >= 11 is 0. The molecule has 1 N–H and O–H groups in total. The predicted octanol–water partition coefficient (Wildman–Crippen LogP) is 2.50. The minimum atomic E-state index is 0.698. The van der Waals surface area contributed by atoms with Gasteiger partial charge in [0.25, 0.3) is 0 Å². The number of rotatable bonds is 10. The minimum absolute atomic E-state index is 0.698. The van der Waals surface area contributed by atoms with Gasteiger partial charge in [0, 0.05) is 12.6 Å². The second-order valence-electron chi connectivity index (χ2n) is 4.01. The van der Waals surface area contributed by atoms with Crippen LogP contribution in [0, 0.1) is 0 Å². The second-order valence-corrected chi connectivity index (χ2v) is 4.01. The molecule has 0 saturated heterocycles. The third kappa shape index (κ3) is 7.10. The van der Waals surface area contributed by atoms with E-state index in [1.165, 1.54) is 45.1 Å². The molecule has 0 atom stereocenters. The molecular weight excluding hydrogens is 174 g/mol. The molecule has 0 unspecified atom stereocenters. The molecule has 0 amide bonds. The maximum Gasteiger partial charge on any atom is 0.0644 e. The van der Waals surface area contributed by atoms with Crippen molar-refractivity contribution in [2.45, 2.75) is 44.6 Å². The third-order valence-corrected chi connectivity index (χ3v) is 2.46. The van der Waals surface area contributed by atoms with Crippen LogP contribution < -0.4 is 5.32 Å². The maximum absolute atomic E-state index is 5.30. The van der Waals surface area contributed by atoms with Crippen molar-refractivity contribution in [3.05, 3.63) is 12.7 Å². The van der Waals surface area contributed by atoms with E-state index in [1.54, 1.807) is 6.08 Å². The highest BCUT2D eigenvalue weighted by Gasteiger charge is 2.19. The number of hydrogen-bond acceptors (Lipinski definition) is 2. The molecule has 1 rings (SSSR count). The van der Waals surface area contributed by atoms with E-state index in [2.05, 4.69) is 11.9 Å². The third-order valence-electron chi connectivity index (χ3n) is 2.46. The molecule has 14 heavy (non-hydrogen) atoms. The van der Waals surface area contributed by atoms with Crippen molar-refractivity contribution >= 4 is 0 Å². The quantitative estimate of drug-likeness (QED) is 0.429. The molecule has 0 aromatic carbocycles. The number of unbranched alkanes of at least 4 members (excludes halogenated alkanes) is 3. The van der Waals surface area contributed by atoms with Crippen LogP contribution in [-0.4, -0.2) is 25.8 Å². The van der Waals surface area contributed by atoms with Gasteiger partial charge in [-0.15, -0.1) is 6.58 Å². The van der Waals surface area contributed by atoms with E-state index in [1.807, 2.05) is 0 Å². The van der Waals surface area contributed by atoms with Gasteiger partial charge < -0.3 is 10.1 Å². The van der Waals surface area contributed by atoms with E-state index in [9.17, 15) is 0 Å². The van der Waals surface area contributed by atoms with Crippen LogP contribution in [0.2, 0.25) is 0 Å². The van der Waals surface area contributed by atoms with Crippen molar-refractivity contribution in [1.82, 2.24) is 5.32 Å². The summed E-state index contributed by atoms with van der Waals surface area (Å²) in [6, 6.07) is 0.867. The van der Waals surface area contributed by atoms with E-state index in [-0.39, 0.29) is 0 Å². The molecule has 0 aliphatic heterocycles. The van der Waals surface area contributed by atoms with E-state index in [0.29, 0.717) is 6.61 Å². The Morgan fingerprint density at radius 2 is 2.00 bits per heavy atom. The van der Waals surface area contributed by atoms with Crippen molar-refractivity contribution in [3.63, 3.8) is 0 Å². The van der Waals surface area contributed by atoms with E-state index < -0.39 is 0 Å². The zero-order chi connectivity index (χ0) is 10.1. The zero-order valence-electron chi connectivity index (χ0n) is 9.13. The zero-order valence-corrected chi connectivity index (χ0v) is 9.13. The molecule has 2 nitrogen and oxygen atoms in total. The Morgan fingerprint density at radius 1 is 1.21 bits per heavy atom. The monoisotopic (exact) mass is 197 g/mol. The largest absolute Gasteiger partial charge is 0.377 e. The molecule has 1 aliphatic carbocycles. The lowest BCUT2D eigenvalue weighted by atomic mass is 10.2. The Bertz CT molecular complexity index is 143.